The van der Waals surface area contributed by atoms with Crippen LogP contribution in [0.25, 0.3) is 11.3 Å². The SMILES string of the molecule is Cc1ccc(-c2csc(NC(=O)COC(=O)C3CC4CCCC(C3)C4=O)n2)cc1. The lowest BCUT2D eigenvalue weighted by molar-refractivity contribution is -0.155. The molecule has 0 spiro atoms. The van der Waals surface area contributed by atoms with Crippen LogP contribution in [0.5, 0.6) is 0 Å². The molecule has 1 aromatic carbocycles. The van der Waals surface area contributed by atoms with E-state index in [4.69, 9.17) is 4.74 Å². The molecule has 0 saturated heterocycles. The van der Waals surface area contributed by atoms with Gasteiger partial charge in [0.15, 0.2) is 11.7 Å². The van der Waals surface area contributed by atoms with Gasteiger partial charge in [0.2, 0.25) is 0 Å². The maximum absolute atomic E-state index is 12.4. The van der Waals surface area contributed by atoms with E-state index in [0.29, 0.717) is 23.8 Å². The summed E-state index contributed by atoms with van der Waals surface area (Å²) in [6, 6.07) is 8.00. The van der Waals surface area contributed by atoms with Gasteiger partial charge < -0.3 is 4.74 Å². The first-order valence-electron chi connectivity index (χ1n) is 10.0. The number of thiazole rings is 1. The first-order chi connectivity index (χ1) is 14.0. The Morgan fingerprint density at radius 3 is 2.55 bits per heavy atom. The summed E-state index contributed by atoms with van der Waals surface area (Å²) >= 11 is 1.33. The summed E-state index contributed by atoms with van der Waals surface area (Å²) < 4.78 is 5.24. The molecule has 2 atom stereocenters. The van der Waals surface area contributed by atoms with E-state index in [-0.39, 0.29) is 30.3 Å². The number of fused-ring (bicyclic) bond motifs is 2. The van der Waals surface area contributed by atoms with Crippen LogP contribution in [0.2, 0.25) is 0 Å². The maximum Gasteiger partial charge on any atom is 0.309 e. The molecule has 4 rings (SSSR count). The highest BCUT2D eigenvalue weighted by molar-refractivity contribution is 7.14. The molecule has 1 heterocycles. The van der Waals surface area contributed by atoms with Crippen LogP contribution in [-0.2, 0) is 19.1 Å². The lowest BCUT2D eigenvalue weighted by Gasteiger charge is -2.36. The molecule has 1 amide bonds. The van der Waals surface area contributed by atoms with E-state index >= 15 is 0 Å². The Balaban J connectivity index is 1.27. The summed E-state index contributed by atoms with van der Waals surface area (Å²) in [5.74, 6) is -0.761. The highest BCUT2D eigenvalue weighted by Crippen LogP contribution is 2.40. The summed E-state index contributed by atoms with van der Waals surface area (Å²) in [6.07, 6.45) is 3.91. The van der Waals surface area contributed by atoms with Crippen LogP contribution in [-0.4, -0.2) is 29.3 Å². The summed E-state index contributed by atoms with van der Waals surface area (Å²) in [4.78, 5) is 41.1. The van der Waals surface area contributed by atoms with E-state index in [1.165, 1.54) is 16.9 Å². The third-order valence-corrected chi connectivity index (χ3v) is 6.58. The number of aromatic nitrogens is 1. The Morgan fingerprint density at radius 1 is 1.17 bits per heavy atom. The lowest BCUT2D eigenvalue weighted by Crippen LogP contribution is -2.40. The van der Waals surface area contributed by atoms with Crippen molar-refractivity contribution in [2.75, 3.05) is 11.9 Å². The number of anilines is 1. The van der Waals surface area contributed by atoms with Crippen LogP contribution < -0.4 is 5.32 Å². The van der Waals surface area contributed by atoms with E-state index in [9.17, 15) is 14.4 Å². The van der Waals surface area contributed by atoms with Crippen molar-refractivity contribution in [3.63, 3.8) is 0 Å². The van der Waals surface area contributed by atoms with Crippen LogP contribution in [0.4, 0.5) is 5.13 Å². The number of aryl methyl sites for hydroxylation is 1. The third-order valence-electron chi connectivity index (χ3n) is 5.82. The zero-order valence-electron chi connectivity index (χ0n) is 16.3. The zero-order valence-corrected chi connectivity index (χ0v) is 17.2. The number of Topliss-reactive ketones (excluding diaryl/α,β-unsaturated/α-hetero) is 1. The highest BCUT2D eigenvalue weighted by Gasteiger charge is 2.41. The molecule has 2 saturated carbocycles. The van der Waals surface area contributed by atoms with Crippen molar-refractivity contribution in [1.82, 2.24) is 4.98 Å². The molecule has 2 fully saturated rings. The van der Waals surface area contributed by atoms with Gasteiger partial charge in [0.25, 0.3) is 5.91 Å². The predicted molar refractivity (Wildman–Crippen MR) is 110 cm³/mol. The van der Waals surface area contributed by atoms with Crippen molar-refractivity contribution in [2.45, 2.75) is 39.0 Å². The van der Waals surface area contributed by atoms with Gasteiger partial charge in [0.05, 0.1) is 11.6 Å². The number of amides is 1. The van der Waals surface area contributed by atoms with Crippen LogP contribution in [0.15, 0.2) is 29.6 Å². The second-order valence-corrected chi connectivity index (χ2v) is 8.81. The second kappa shape index (κ2) is 8.45. The molecular weight excluding hydrogens is 388 g/mol. The Morgan fingerprint density at radius 2 is 1.86 bits per heavy atom. The fourth-order valence-electron chi connectivity index (χ4n) is 4.27. The van der Waals surface area contributed by atoms with Gasteiger partial charge in [0.1, 0.15) is 5.78 Å². The molecule has 2 bridgehead atoms. The average molecular weight is 413 g/mol. The monoisotopic (exact) mass is 412 g/mol. The Kier molecular flexibility index (Phi) is 5.76. The summed E-state index contributed by atoms with van der Waals surface area (Å²) in [7, 11) is 0. The number of rotatable bonds is 5. The summed E-state index contributed by atoms with van der Waals surface area (Å²) in [6.45, 7) is 1.69. The average Bonchev–Trinajstić information content (AvgIpc) is 3.15. The first kappa shape index (κ1) is 19.8. The molecule has 0 radical (unpaired) electrons. The number of hydrogen-bond acceptors (Lipinski definition) is 6. The van der Waals surface area contributed by atoms with E-state index in [2.05, 4.69) is 10.3 Å². The number of benzene rings is 1. The third kappa shape index (κ3) is 4.56. The van der Waals surface area contributed by atoms with Crippen LogP contribution in [0.1, 0.15) is 37.7 Å². The van der Waals surface area contributed by atoms with Gasteiger partial charge in [-0.1, -0.05) is 36.2 Å². The molecule has 0 aliphatic heterocycles. The van der Waals surface area contributed by atoms with E-state index in [1.807, 2.05) is 36.6 Å². The topological polar surface area (TPSA) is 85.4 Å². The van der Waals surface area contributed by atoms with Gasteiger partial charge in [-0.25, -0.2) is 4.98 Å². The molecule has 7 heteroatoms. The van der Waals surface area contributed by atoms with Crippen LogP contribution in [0, 0.1) is 24.7 Å². The number of carbonyl (C=O) groups is 3. The van der Waals surface area contributed by atoms with Gasteiger partial charge in [-0.3, -0.25) is 19.7 Å². The molecule has 152 valence electrons. The van der Waals surface area contributed by atoms with Gasteiger partial charge >= 0.3 is 5.97 Å². The molecular formula is C22H24N2O4S. The Hall–Kier alpha value is -2.54. The summed E-state index contributed by atoms with van der Waals surface area (Å²) in [5, 5.41) is 5.04. The van der Waals surface area contributed by atoms with E-state index < -0.39 is 5.91 Å². The highest BCUT2D eigenvalue weighted by atomic mass is 32.1. The van der Waals surface area contributed by atoms with Crippen molar-refractivity contribution in [3.8, 4) is 11.3 Å². The number of ether oxygens (including phenoxy) is 1. The number of carbonyl (C=O) groups excluding carboxylic acids is 3. The minimum Gasteiger partial charge on any atom is -0.455 e. The van der Waals surface area contributed by atoms with Gasteiger partial charge in [-0.2, -0.15) is 0 Å². The normalized spacial score (nSPS) is 23.5. The van der Waals surface area contributed by atoms with Gasteiger partial charge in [-0.05, 0) is 32.6 Å². The number of hydrogen-bond donors (Lipinski definition) is 1. The van der Waals surface area contributed by atoms with Gasteiger partial charge in [0, 0.05) is 22.8 Å². The molecule has 6 nitrogen and oxygen atoms in total. The first-order valence-corrected chi connectivity index (χ1v) is 10.9. The van der Waals surface area contributed by atoms with Crippen molar-refractivity contribution in [1.29, 1.82) is 0 Å². The van der Waals surface area contributed by atoms with Crippen molar-refractivity contribution in [2.24, 2.45) is 17.8 Å². The smallest absolute Gasteiger partial charge is 0.309 e. The number of esters is 1. The largest absolute Gasteiger partial charge is 0.455 e. The zero-order chi connectivity index (χ0) is 20.4. The molecule has 2 unspecified atom stereocenters. The Labute approximate surface area is 173 Å². The van der Waals surface area contributed by atoms with Crippen molar-refractivity contribution >= 4 is 34.1 Å². The predicted octanol–water partition coefficient (Wildman–Crippen LogP) is 4.00. The molecule has 2 aromatic rings. The number of nitrogens with zero attached hydrogens (tertiary/aromatic N) is 1. The molecule has 1 aromatic heterocycles. The molecule has 2 aliphatic carbocycles. The Bertz CT molecular complexity index is 905. The second-order valence-electron chi connectivity index (χ2n) is 7.96. The van der Waals surface area contributed by atoms with Crippen LogP contribution >= 0.6 is 11.3 Å². The quantitative estimate of drug-likeness (QED) is 0.751. The van der Waals surface area contributed by atoms with Gasteiger partial charge in [-0.15, -0.1) is 11.3 Å². The number of nitrogens with one attached hydrogen (secondary N) is 1. The summed E-state index contributed by atoms with van der Waals surface area (Å²) in [5.41, 5.74) is 2.95. The standard InChI is InChI=1S/C22H24N2O4S/c1-13-5-7-14(8-6-13)18-12-29-22(23-18)24-19(25)11-28-21(27)17-9-15-3-2-4-16(10-17)20(15)26/h5-8,12,15-17H,2-4,9-11H2,1H3,(H,23,24,25). The van der Waals surface area contributed by atoms with Crippen molar-refractivity contribution in [3.05, 3.63) is 35.2 Å². The van der Waals surface area contributed by atoms with Crippen LogP contribution in [0.3, 0.4) is 0 Å². The fraction of sp³-hybridized carbons (Fsp3) is 0.455. The van der Waals surface area contributed by atoms with Crippen molar-refractivity contribution < 1.29 is 19.1 Å². The number of ketones is 1. The minimum atomic E-state index is -0.407. The van der Waals surface area contributed by atoms with E-state index in [0.717, 1.165) is 30.5 Å². The van der Waals surface area contributed by atoms with E-state index in [1.54, 1.807) is 0 Å². The molecule has 29 heavy (non-hydrogen) atoms. The molecule has 2 aliphatic rings. The maximum atomic E-state index is 12.4. The molecule has 1 N–H and O–H groups in total. The lowest BCUT2D eigenvalue weighted by atomic mass is 9.67. The minimum absolute atomic E-state index is 0.00982. The fourth-order valence-corrected chi connectivity index (χ4v) is 5.01.